The van der Waals surface area contributed by atoms with Crippen molar-refractivity contribution in [2.24, 2.45) is 11.3 Å². The second-order valence-corrected chi connectivity index (χ2v) is 5.35. The molecule has 1 aliphatic carbocycles. The standard InChI is InChI=1S/C12H22O3/c1-9-6-5-7-11(2,3)12(9,14)8-10(13)15-4/h9,14H,5-8H2,1-4H3. The number of hydrogen-bond acceptors (Lipinski definition) is 3. The summed E-state index contributed by atoms with van der Waals surface area (Å²) >= 11 is 0. The predicted octanol–water partition coefficient (Wildman–Crippen LogP) is 2.13. The molecule has 0 aromatic heterocycles. The first-order valence-electron chi connectivity index (χ1n) is 5.63. The Hall–Kier alpha value is -0.570. The molecule has 15 heavy (non-hydrogen) atoms. The van der Waals surface area contributed by atoms with E-state index in [1.54, 1.807) is 0 Å². The third-order valence-electron chi connectivity index (χ3n) is 4.07. The summed E-state index contributed by atoms with van der Waals surface area (Å²) in [6, 6.07) is 0. The number of rotatable bonds is 2. The van der Waals surface area contributed by atoms with Crippen molar-refractivity contribution in [1.29, 1.82) is 0 Å². The van der Waals surface area contributed by atoms with Crippen LogP contribution in [0.25, 0.3) is 0 Å². The van der Waals surface area contributed by atoms with Gasteiger partial charge < -0.3 is 9.84 Å². The van der Waals surface area contributed by atoms with Gasteiger partial charge in [-0.15, -0.1) is 0 Å². The van der Waals surface area contributed by atoms with E-state index in [1.807, 2.05) is 20.8 Å². The van der Waals surface area contributed by atoms with Crippen LogP contribution in [-0.2, 0) is 9.53 Å². The highest BCUT2D eigenvalue weighted by atomic mass is 16.5. The topological polar surface area (TPSA) is 46.5 Å². The van der Waals surface area contributed by atoms with Crippen LogP contribution in [0.15, 0.2) is 0 Å². The van der Waals surface area contributed by atoms with Crippen LogP contribution >= 0.6 is 0 Å². The third kappa shape index (κ3) is 2.17. The molecule has 0 aromatic rings. The minimum absolute atomic E-state index is 0.109. The largest absolute Gasteiger partial charge is 0.469 e. The van der Waals surface area contributed by atoms with Crippen molar-refractivity contribution in [1.82, 2.24) is 0 Å². The normalized spacial score (nSPS) is 34.9. The lowest BCUT2D eigenvalue weighted by Gasteiger charge is -2.50. The van der Waals surface area contributed by atoms with Gasteiger partial charge in [-0.3, -0.25) is 4.79 Å². The molecular formula is C12H22O3. The molecule has 0 saturated heterocycles. The minimum Gasteiger partial charge on any atom is -0.469 e. The Morgan fingerprint density at radius 2 is 2.13 bits per heavy atom. The number of ether oxygens (including phenoxy) is 1. The van der Waals surface area contributed by atoms with Crippen molar-refractivity contribution in [2.75, 3.05) is 7.11 Å². The smallest absolute Gasteiger partial charge is 0.308 e. The maximum absolute atomic E-state index is 11.3. The Bertz CT molecular complexity index is 247. The Labute approximate surface area is 91.8 Å². The number of carbonyl (C=O) groups excluding carboxylic acids is 1. The molecule has 2 unspecified atom stereocenters. The summed E-state index contributed by atoms with van der Waals surface area (Å²) in [4.78, 5) is 11.3. The van der Waals surface area contributed by atoms with E-state index >= 15 is 0 Å². The Morgan fingerprint density at radius 1 is 1.53 bits per heavy atom. The van der Waals surface area contributed by atoms with Crippen LogP contribution in [0.2, 0.25) is 0 Å². The zero-order valence-electron chi connectivity index (χ0n) is 10.2. The molecule has 3 heteroatoms. The zero-order valence-corrected chi connectivity index (χ0v) is 10.2. The lowest BCUT2D eigenvalue weighted by molar-refractivity contribution is -0.168. The highest BCUT2D eigenvalue weighted by Gasteiger charge is 2.50. The second kappa shape index (κ2) is 4.12. The number of carbonyl (C=O) groups is 1. The molecule has 2 atom stereocenters. The SMILES string of the molecule is COC(=O)CC1(O)C(C)CCCC1(C)C. The zero-order chi connectivity index (χ0) is 11.7. The summed E-state index contributed by atoms with van der Waals surface area (Å²) in [6.45, 7) is 6.08. The van der Waals surface area contributed by atoms with E-state index in [0.717, 1.165) is 19.3 Å². The van der Waals surface area contributed by atoms with Crippen molar-refractivity contribution in [3.8, 4) is 0 Å². The molecule has 0 amide bonds. The summed E-state index contributed by atoms with van der Waals surface area (Å²) in [6.07, 6.45) is 3.18. The predicted molar refractivity (Wildman–Crippen MR) is 58.4 cm³/mol. The van der Waals surface area contributed by atoms with Crippen molar-refractivity contribution >= 4 is 5.97 Å². The Kier molecular flexibility index (Phi) is 3.44. The Balaban J connectivity index is 2.88. The van der Waals surface area contributed by atoms with E-state index in [2.05, 4.69) is 4.74 Å². The quantitative estimate of drug-likeness (QED) is 0.716. The number of esters is 1. The molecule has 0 aromatic carbocycles. The Morgan fingerprint density at radius 3 is 2.60 bits per heavy atom. The van der Waals surface area contributed by atoms with E-state index < -0.39 is 5.60 Å². The molecule has 1 fully saturated rings. The summed E-state index contributed by atoms with van der Waals surface area (Å²) in [5, 5.41) is 10.7. The monoisotopic (exact) mass is 214 g/mol. The maximum atomic E-state index is 11.3. The number of aliphatic hydroxyl groups is 1. The average Bonchev–Trinajstić information content (AvgIpc) is 2.14. The summed E-state index contributed by atoms with van der Waals surface area (Å²) in [5.74, 6) is -0.167. The first-order valence-corrected chi connectivity index (χ1v) is 5.63. The van der Waals surface area contributed by atoms with Gasteiger partial charge in [0.25, 0.3) is 0 Å². The van der Waals surface area contributed by atoms with Crippen LogP contribution in [0.5, 0.6) is 0 Å². The number of methoxy groups -OCH3 is 1. The summed E-state index contributed by atoms with van der Waals surface area (Å²) in [5.41, 5.74) is -1.13. The lowest BCUT2D eigenvalue weighted by Crippen LogP contribution is -2.53. The van der Waals surface area contributed by atoms with Gasteiger partial charge in [0.15, 0.2) is 0 Å². The molecule has 0 heterocycles. The van der Waals surface area contributed by atoms with Gasteiger partial charge in [-0.1, -0.05) is 27.2 Å². The molecule has 1 saturated carbocycles. The lowest BCUT2D eigenvalue weighted by atomic mass is 9.59. The van der Waals surface area contributed by atoms with Gasteiger partial charge in [0.05, 0.1) is 19.1 Å². The molecule has 0 aliphatic heterocycles. The van der Waals surface area contributed by atoms with Crippen LogP contribution in [0.3, 0.4) is 0 Å². The molecular weight excluding hydrogens is 192 g/mol. The van der Waals surface area contributed by atoms with E-state index in [-0.39, 0.29) is 23.7 Å². The van der Waals surface area contributed by atoms with Crippen LogP contribution < -0.4 is 0 Å². The first-order chi connectivity index (χ1) is 6.83. The fourth-order valence-electron chi connectivity index (χ4n) is 2.68. The van der Waals surface area contributed by atoms with Crippen LogP contribution in [0, 0.1) is 11.3 Å². The third-order valence-corrected chi connectivity index (χ3v) is 4.07. The van der Waals surface area contributed by atoms with Crippen LogP contribution in [0.1, 0.15) is 46.5 Å². The highest BCUT2D eigenvalue weighted by Crippen LogP contribution is 2.48. The van der Waals surface area contributed by atoms with Gasteiger partial charge in [-0.25, -0.2) is 0 Å². The molecule has 3 nitrogen and oxygen atoms in total. The summed E-state index contributed by atoms with van der Waals surface area (Å²) < 4.78 is 4.66. The van der Waals surface area contributed by atoms with E-state index in [4.69, 9.17) is 0 Å². The fourth-order valence-corrected chi connectivity index (χ4v) is 2.68. The van der Waals surface area contributed by atoms with E-state index in [1.165, 1.54) is 7.11 Å². The number of hydrogen-bond donors (Lipinski definition) is 1. The van der Waals surface area contributed by atoms with Gasteiger partial charge in [-0.05, 0) is 24.2 Å². The molecule has 0 radical (unpaired) electrons. The van der Waals surface area contributed by atoms with Crippen LogP contribution in [0.4, 0.5) is 0 Å². The van der Waals surface area contributed by atoms with Gasteiger partial charge in [0.2, 0.25) is 0 Å². The van der Waals surface area contributed by atoms with E-state index in [9.17, 15) is 9.90 Å². The molecule has 88 valence electrons. The molecule has 0 spiro atoms. The van der Waals surface area contributed by atoms with Crippen molar-refractivity contribution in [3.05, 3.63) is 0 Å². The second-order valence-electron chi connectivity index (χ2n) is 5.35. The maximum Gasteiger partial charge on any atom is 0.308 e. The fraction of sp³-hybridized carbons (Fsp3) is 0.917. The average molecular weight is 214 g/mol. The van der Waals surface area contributed by atoms with Crippen LogP contribution in [-0.4, -0.2) is 23.8 Å². The van der Waals surface area contributed by atoms with E-state index in [0.29, 0.717) is 0 Å². The molecule has 1 N–H and O–H groups in total. The highest BCUT2D eigenvalue weighted by molar-refractivity contribution is 5.70. The molecule has 1 rings (SSSR count). The van der Waals surface area contributed by atoms with Crippen molar-refractivity contribution in [3.63, 3.8) is 0 Å². The van der Waals surface area contributed by atoms with Crippen molar-refractivity contribution < 1.29 is 14.6 Å². The van der Waals surface area contributed by atoms with Gasteiger partial charge in [0.1, 0.15) is 0 Å². The van der Waals surface area contributed by atoms with Gasteiger partial charge >= 0.3 is 5.97 Å². The molecule has 0 bridgehead atoms. The van der Waals surface area contributed by atoms with Gasteiger partial charge in [-0.2, -0.15) is 0 Å². The summed E-state index contributed by atoms with van der Waals surface area (Å²) in [7, 11) is 1.37. The minimum atomic E-state index is -0.918. The van der Waals surface area contributed by atoms with Gasteiger partial charge in [0, 0.05) is 0 Å². The molecule has 1 aliphatic rings. The first kappa shape index (κ1) is 12.5. The van der Waals surface area contributed by atoms with Crippen molar-refractivity contribution in [2.45, 2.75) is 52.1 Å².